The van der Waals surface area contributed by atoms with Crippen LogP contribution >= 0.6 is 0 Å². The van der Waals surface area contributed by atoms with Gasteiger partial charge < -0.3 is 61.5 Å². The number of aromatic nitrogens is 2. The molecule has 3 aromatic rings. The average molecular weight is 1050 g/mol. The maximum absolute atomic E-state index is 14.5. The van der Waals surface area contributed by atoms with Crippen molar-refractivity contribution in [1.82, 2.24) is 19.8 Å². The van der Waals surface area contributed by atoms with Crippen molar-refractivity contribution in [3.8, 4) is 11.5 Å². The van der Waals surface area contributed by atoms with Crippen molar-refractivity contribution in [3.05, 3.63) is 59.2 Å². The third kappa shape index (κ3) is 17.1. The Kier molecular flexibility index (Phi) is 19.1. The number of carbonyl (C=O) groups excluding carboxylic acids is 6. The Morgan fingerprint density at radius 2 is 0.919 bits per heavy atom. The summed E-state index contributed by atoms with van der Waals surface area (Å²) in [6.07, 6.45) is -11.0. The van der Waals surface area contributed by atoms with Crippen LogP contribution in [0.3, 0.4) is 0 Å². The maximum Gasteiger partial charge on any atom is 0.416 e. The Morgan fingerprint density at radius 3 is 1.24 bits per heavy atom. The van der Waals surface area contributed by atoms with Gasteiger partial charge in [0.05, 0.1) is 47.0 Å². The van der Waals surface area contributed by atoms with Crippen LogP contribution in [0.1, 0.15) is 125 Å². The normalized spacial score (nSPS) is 16.1. The van der Waals surface area contributed by atoms with Gasteiger partial charge in [-0.05, 0) is 105 Å². The number of halogens is 6. The monoisotopic (exact) mass is 1050 g/mol. The molecule has 0 spiro atoms. The molecule has 2 atom stereocenters. The summed E-state index contributed by atoms with van der Waals surface area (Å²) in [4.78, 5) is 90.3. The number of carbonyl (C=O) groups is 6. The van der Waals surface area contributed by atoms with E-state index in [1.807, 2.05) is 0 Å². The predicted octanol–water partition coefficient (Wildman–Crippen LogP) is 7.93. The van der Waals surface area contributed by atoms with Crippen molar-refractivity contribution < 1.29 is 74.1 Å². The number of nitrogens with zero attached hydrogens (tertiary/aromatic N) is 4. The van der Waals surface area contributed by atoms with Crippen LogP contribution in [0.2, 0.25) is 0 Å². The van der Waals surface area contributed by atoms with Crippen molar-refractivity contribution in [2.75, 3.05) is 60.5 Å². The highest BCUT2D eigenvalue weighted by molar-refractivity contribution is 6.09. The number of amides is 6. The molecule has 2 aliphatic rings. The topological polar surface area (TPSA) is 272 Å². The number of unbranched alkanes of at least 4 members (excludes halogenated alkanes) is 2. The van der Waals surface area contributed by atoms with E-state index in [2.05, 4.69) is 31.2 Å². The molecule has 0 saturated carbocycles. The lowest BCUT2D eigenvalue weighted by atomic mass is 10.1. The van der Waals surface area contributed by atoms with Gasteiger partial charge in [0, 0.05) is 44.8 Å². The summed E-state index contributed by atoms with van der Waals surface area (Å²) in [7, 11) is 0. The van der Waals surface area contributed by atoms with Crippen LogP contribution in [0, 0.1) is 0 Å². The molecule has 26 heteroatoms. The third-order valence-corrected chi connectivity index (χ3v) is 10.9. The number of ether oxygens (including phenoxy) is 4. The summed E-state index contributed by atoms with van der Waals surface area (Å²) < 4.78 is 110. The standard InChI is InChI=1S/C48H62F6N10O10/c1-45(2,3)73-43(69)63-17-13-29(24-63)71-39-31(59-37(65)11-7-9-15-55)19-27(47(49,50)51)21-33(39)61-41(67)35-23-36(58-26-57-35)42(68)62-34-22-28(48(52,53)54)20-32(60-38(66)12-8-10-16-56)40(34)72-30-14-18-64(25-30)44(70)74-46(4,5)6/h19-23,26,29-30H,7-18,24-25,55-56H2,1-6H3,(H,59,65)(H,60,66)(H,61,67)(H,62,68). The van der Waals surface area contributed by atoms with E-state index < -0.39 is 128 Å². The average Bonchev–Trinajstić information content (AvgIpc) is 3.97. The highest BCUT2D eigenvalue weighted by atomic mass is 19.4. The molecule has 0 radical (unpaired) electrons. The quantitative estimate of drug-likeness (QED) is 0.0522. The van der Waals surface area contributed by atoms with Gasteiger partial charge >= 0.3 is 24.5 Å². The Bertz CT molecular complexity index is 2370. The molecule has 0 bridgehead atoms. The number of anilines is 4. The van der Waals surface area contributed by atoms with Gasteiger partial charge in [0.2, 0.25) is 11.8 Å². The van der Waals surface area contributed by atoms with Gasteiger partial charge in [0.15, 0.2) is 11.5 Å². The molecular weight excluding hydrogens is 991 g/mol. The van der Waals surface area contributed by atoms with E-state index in [1.165, 1.54) is 9.80 Å². The number of nitrogens with two attached hydrogens (primary N) is 2. The molecule has 8 N–H and O–H groups in total. The smallest absolute Gasteiger partial charge is 0.416 e. The van der Waals surface area contributed by atoms with E-state index in [0.29, 0.717) is 49.9 Å². The fourth-order valence-electron chi connectivity index (χ4n) is 7.44. The summed E-state index contributed by atoms with van der Waals surface area (Å²) in [6, 6.07) is 3.14. The van der Waals surface area contributed by atoms with Crippen molar-refractivity contribution in [2.45, 2.75) is 129 Å². The zero-order valence-electron chi connectivity index (χ0n) is 41.8. The van der Waals surface area contributed by atoms with E-state index in [-0.39, 0.29) is 65.0 Å². The lowest BCUT2D eigenvalue weighted by molar-refractivity contribution is -0.138. The number of rotatable bonds is 18. The second kappa shape index (κ2) is 24.4. The number of alkyl halides is 6. The molecule has 0 aliphatic carbocycles. The van der Waals surface area contributed by atoms with Gasteiger partial charge in [-0.25, -0.2) is 19.6 Å². The Hall–Kier alpha value is -6.96. The molecule has 6 amide bonds. The van der Waals surface area contributed by atoms with Crippen LogP contribution in [0.4, 0.5) is 58.7 Å². The van der Waals surface area contributed by atoms with E-state index in [9.17, 15) is 55.1 Å². The van der Waals surface area contributed by atoms with Crippen LogP contribution in [-0.4, -0.2) is 118 Å². The first-order valence-corrected chi connectivity index (χ1v) is 23.8. The van der Waals surface area contributed by atoms with E-state index in [0.717, 1.165) is 12.4 Å². The fourth-order valence-corrected chi connectivity index (χ4v) is 7.44. The van der Waals surface area contributed by atoms with Crippen LogP contribution in [-0.2, 0) is 31.4 Å². The fraction of sp³-hybridized carbons (Fsp3) is 0.542. The highest BCUT2D eigenvalue weighted by Gasteiger charge is 2.38. The molecule has 2 saturated heterocycles. The molecule has 74 heavy (non-hydrogen) atoms. The molecule has 2 fully saturated rings. The van der Waals surface area contributed by atoms with Crippen LogP contribution in [0.15, 0.2) is 36.7 Å². The van der Waals surface area contributed by atoms with Crippen LogP contribution < -0.4 is 42.2 Å². The Morgan fingerprint density at radius 1 is 0.568 bits per heavy atom. The highest BCUT2D eigenvalue weighted by Crippen LogP contribution is 2.44. The van der Waals surface area contributed by atoms with Crippen molar-refractivity contribution in [2.24, 2.45) is 11.5 Å². The number of hydrogen-bond acceptors (Lipinski definition) is 14. The minimum Gasteiger partial charge on any atom is -0.484 e. The van der Waals surface area contributed by atoms with E-state index in [1.54, 1.807) is 41.5 Å². The number of likely N-dealkylation sites (tertiary alicyclic amines) is 2. The zero-order valence-corrected chi connectivity index (χ0v) is 41.8. The minimum atomic E-state index is -5.04. The first kappa shape index (κ1) is 57.9. The molecule has 2 unspecified atom stereocenters. The van der Waals surface area contributed by atoms with Crippen LogP contribution in [0.5, 0.6) is 11.5 Å². The molecule has 2 aromatic carbocycles. The molecule has 5 rings (SSSR count). The summed E-state index contributed by atoms with van der Waals surface area (Å²) in [5.74, 6) is -4.71. The minimum absolute atomic E-state index is 0.0932. The first-order valence-electron chi connectivity index (χ1n) is 23.8. The second-order valence-corrected chi connectivity index (χ2v) is 19.5. The third-order valence-electron chi connectivity index (χ3n) is 10.9. The van der Waals surface area contributed by atoms with Gasteiger partial charge in [0.25, 0.3) is 11.8 Å². The Labute approximate surface area is 422 Å². The SMILES string of the molecule is CC(C)(C)OC(=O)N1CCC(Oc2c(NC(=O)CCCCN)cc(C(F)(F)F)cc2NC(=O)c2cc(C(=O)Nc3cc(C(F)(F)F)cc(NC(=O)CCCCN)c3OC3CCN(C(=O)OC(C)(C)C)C3)ncn2)C1. The molecule has 2 aliphatic heterocycles. The molecule has 1 aromatic heterocycles. The summed E-state index contributed by atoms with van der Waals surface area (Å²) in [5.41, 5.74) is 3.33. The van der Waals surface area contributed by atoms with Gasteiger partial charge in [-0.3, -0.25) is 19.2 Å². The van der Waals surface area contributed by atoms with Gasteiger partial charge in [-0.1, -0.05) is 0 Å². The van der Waals surface area contributed by atoms with Crippen LogP contribution in [0.25, 0.3) is 0 Å². The largest absolute Gasteiger partial charge is 0.484 e. The number of benzene rings is 2. The lowest BCUT2D eigenvalue weighted by Gasteiger charge is -2.25. The van der Waals surface area contributed by atoms with Crippen molar-refractivity contribution in [3.63, 3.8) is 0 Å². The molecular formula is C48H62F6N10O10. The zero-order chi connectivity index (χ0) is 54.8. The molecule has 20 nitrogen and oxygen atoms in total. The van der Waals surface area contributed by atoms with Gasteiger partial charge in [-0.15, -0.1) is 0 Å². The first-order chi connectivity index (χ1) is 34.5. The molecule has 3 heterocycles. The maximum atomic E-state index is 14.5. The lowest BCUT2D eigenvalue weighted by Crippen LogP contribution is -2.36. The Balaban J connectivity index is 1.50. The summed E-state index contributed by atoms with van der Waals surface area (Å²) >= 11 is 0. The molecule has 406 valence electrons. The second-order valence-electron chi connectivity index (χ2n) is 19.5. The van der Waals surface area contributed by atoms with Crippen molar-refractivity contribution >= 4 is 58.6 Å². The van der Waals surface area contributed by atoms with Crippen molar-refractivity contribution in [1.29, 1.82) is 0 Å². The van der Waals surface area contributed by atoms with E-state index >= 15 is 0 Å². The summed E-state index contributed by atoms with van der Waals surface area (Å²) in [5, 5.41) is 9.49. The van der Waals surface area contributed by atoms with Gasteiger partial charge in [0.1, 0.15) is 41.1 Å². The summed E-state index contributed by atoms with van der Waals surface area (Å²) in [6.45, 7) is 10.5. The number of nitrogens with one attached hydrogen (secondary N) is 4. The number of hydrogen-bond donors (Lipinski definition) is 6. The van der Waals surface area contributed by atoms with Gasteiger partial charge in [-0.2, -0.15) is 26.3 Å². The predicted molar refractivity (Wildman–Crippen MR) is 258 cm³/mol. The van der Waals surface area contributed by atoms with E-state index in [4.69, 9.17) is 30.4 Å².